The van der Waals surface area contributed by atoms with Crippen LogP contribution in [0.5, 0.6) is 5.75 Å². The third-order valence-electron chi connectivity index (χ3n) is 3.19. The van der Waals surface area contributed by atoms with Crippen LogP contribution in [0.15, 0.2) is 17.1 Å². The van der Waals surface area contributed by atoms with Crippen molar-refractivity contribution in [3.05, 3.63) is 28.2 Å². The number of hydrogen-bond donors (Lipinski definition) is 1. The summed E-state index contributed by atoms with van der Waals surface area (Å²) in [5.41, 5.74) is 0.605. The molecule has 1 fully saturated rings. The summed E-state index contributed by atoms with van der Waals surface area (Å²) < 4.78 is 5.51. The number of aromatic nitrogens is 1. The van der Waals surface area contributed by atoms with Crippen molar-refractivity contribution in [1.82, 2.24) is 9.88 Å². The number of hydrogen-bond acceptors (Lipinski definition) is 3. The van der Waals surface area contributed by atoms with Crippen LogP contribution in [0.2, 0.25) is 0 Å². The molecule has 0 amide bonds. The first kappa shape index (κ1) is 13.4. The molecule has 0 aromatic carbocycles. The second-order valence-corrected chi connectivity index (χ2v) is 4.84. The normalized spacial score (nSPS) is 16.7. The Morgan fingerprint density at radius 1 is 1.33 bits per heavy atom. The number of likely N-dealkylation sites (tertiary alicyclic amines) is 1. The molecule has 1 aromatic rings. The Labute approximate surface area is 112 Å². The fraction of sp³-hybridized carbons (Fsp3) is 0.615. The largest absolute Gasteiger partial charge is 0.487 e. The molecule has 2 heterocycles. The zero-order valence-corrected chi connectivity index (χ0v) is 11.2. The molecular formula is C13H19ClN2O2. The summed E-state index contributed by atoms with van der Waals surface area (Å²) in [5, 5.41) is 0. The maximum Gasteiger partial charge on any atom is 0.223 e. The predicted molar refractivity (Wildman–Crippen MR) is 72.4 cm³/mol. The highest BCUT2D eigenvalue weighted by molar-refractivity contribution is 6.16. The second-order valence-electron chi connectivity index (χ2n) is 4.57. The molecule has 2 rings (SSSR count). The van der Waals surface area contributed by atoms with Gasteiger partial charge in [-0.15, -0.1) is 11.6 Å². The van der Waals surface area contributed by atoms with Crippen LogP contribution in [0, 0.1) is 0 Å². The Morgan fingerprint density at radius 2 is 2.11 bits per heavy atom. The van der Waals surface area contributed by atoms with Crippen molar-refractivity contribution in [2.24, 2.45) is 0 Å². The lowest BCUT2D eigenvalue weighted by molar-refractivity contribution is 0.182. The van der Waals surface area contributed by atoms with Gasteiger partial charge in [0, 0.05) is 24.5 Å². The highest BCUT2D eigenvalue weighted by Crippen LogP contribution is 2.08. The van der Waals surface area contributed by atoms with Gasteiger partial charge in [-0.25, -0.2) is 0 Å². The number of aromatic amines is 1. The van der Waals surface area contributed by atoms with Crippen LogP contribution in [-0.4, -0.2) is 36.1 Å². The lowest BCUT2D eigenvalue weighted by atomic mass is 10.1. The molecule has 0 aliphatic carbocycles. The van der Waals surface area contributed by atoms with Gasteiger partial charge in [-0.05, 0) is 25.9 Å². The van der Waals surface area contributed by atoms with E-state index in [2.05, 4.69) is 9.88 Å². The molecule has 5 heteroatoms. The van der Waals surface area contributed by atoms with E-state index in [-0.39, 0.29) is 5.43 Å². The smallest absolute Gasteiger partial charge is 0.223 e. The second kappa shape index (κ2) is 6.81. The number of nitrogens with one attached hydrogen (secondary N) is 1. The van der Waals surface area contributed by atoms with Gasteiger partial charge in [0.15, 0.2) is 5.75 Å². The van der Waals surface area contributed by atoms with Crippen molar-refractivity contribution in [1.29, 1.82) is 0 Å². The fourth-order valence-corrected chi connectivity index (χ4v) is 2.31. The minimum atomic E-state index is -0.108. The number of piperidine rings is 1. The van der Waals surface area contributed by atoms with Crippen molar-refractivity contribution in [3.63, 3.8) is 0 Å². The molecule has 18 heavy (non-hydrogen) atoms. The van der Waals surface area contributed by atoms with Gasteiger partial charge in [0.05, 0.1) is 5.88 Å². The maximum atomic E-state index is 11.7. The van der Waals surface area contributed by atoms with E-state index in [9.17, 15) is 4.79 Å². The summed E-state index contributed by atoms with van der Waals surface area (Å²) in [6, 6.07) is 1.49. The first-order valence-corrected chi connectivity index (χ1v) is 6.96. The molecule has 0 unspecified atom stereocenters. The number of rotatable bonds is 5. The summed E-state index contributed by atoms with van der Waals surface area (Å²) in [6.45, 7) is 3.73. The number of alkyl halides is 1. The topological polar surface area (TPSA) is 45.3 Å². The van der Waals surface area contributed by atoms with Gasteiger partial charge in [-0.1, -0.05) is 6.42 Å². The van der Waals surface area contributed by atoms with Gasteiger partial charge in [0.25, 0.3) is 0 Å². The number of nitrogens with zero attached hydrogens (tertiary/aromatic N) is 1. The van der Waals surface area contributed by atoms with Crippen LogP contribution in [0.1, 0.15) is 25.0 Å². The van der Waals surface area contributed by atoms with Crippen LogP contribution in [0.25, 0.3) is 0 Å². The highest BCUT2D eigenvalue weighted by atomic mass is 35.5. The Kier molecular flexibility index (Phi) is 5.08. The molecule has 1 aliphatic heterocycles. The molecule has 1 aromatic heterocycles. The van der Waals surface area contributed by atoms with Gasteiger partial charge in [0.2, 0.25) is 5.43 Å². The van der Waals surface area contributed by atoms with Crippen molar-refractivity contribution < 1.29 is 4.74 Å². The number of ether oxygens (including phenoxy) is 1. The Morgan fingerprint density at radius 3 is 2.78 bits per heavy atom. The number of H-pyrrole nitrogens is 1. The van der Waals surface area contributed by atoms with Crippen LogP contribution in [0.4, 0.5) is 0 Å². The summed E-state index contributed by atoms with van der Waals surface area (Å²) in [7, 11) is 0. The van der Waals surface area contributed by atoms with Crippen molar-refractivity contribution in [2.45, 2.75) is 25.1 Å². The molecule has 100 valence electrons. The molecule has 1 aliphatic rings. The SMILES string of the molecule is O=c1cc(CCl)[nH]cc1OCCN1CCCCC1. The maximum absolute atomic E-state index is 11.7. The van der Waals surface area contributed by atoms with E-state index in [1.54, 1.807) is 6.20 Å². The molecule has 0 atom stereocenters. The van der Waals surface area contributed by atoms with E-state index in [4.69, 9.17) is 16.3 Å². The van der Waals surface area contributed by atoms with Crippen LogP contribution in [0.3, 0.4) is 0 Å². The molecule has 0 bridgehead atoms. The Hall–Kier alpha value is -1.00. The number of halogens is 1. The molecule has 0 saturated carbocycles. The van der Waals surface area contributed by atoms with Gasteiger partial charge >= 0.3 is 0 Å². The van der Waals surface area contributed by atoms with Crippen LogP contribution >= 0.6 is 11.6 Å². The average molecular weight is 271 g/mol. The third kappa shape index (κ3) is 3.75. The Bertz CT molecular complexity index is 427. The zero-order chi connectivity index (χ0) is 12.8. The molecule has 4 nitrogen and oxygen atoms in total. The van der Waals surface area contributed by atoms with Gasteiger partial charge in [0.1, 0.15) is 6.61 Å². The fourth-order valence-electron chi connectivity index (χ4n) is 2.16. The van der Waals surface area contributed by atoms with E-state index in [1.807, 2.05) is 0 Å². The molecule has 1 N–H and O–H groups in total. The third-order valence-corrected chi connectivity index (χ3v) is 3.48. The molecule has 0 spiro atoms. The standard InChI is InChI=1S/C13H19ClN2O2/c14-9-11-8-12(17)13(10-15-11)18-7-6-16-4-2-1-3-5-16/h8,10H,1-7,9H2,(H,15,17). The quantitative estimate of drug-likeness (QED) is 0.832. The van der Waals surface area contributed by atoms with Crippen LogP contribution < -0.4 is 10.2 Å². The molecule has 0 radical (unpaired) electrons. The first-order chi connectivity index (χ1) is 8.79. The van der Waals surface area contributed by atoms with Crippen molar-refractivity contribution in [3.8, 4) is 5.75 Å². The first-order valence-electron chi connectivity index (χ1n) is 6.42. The minimum absolute atomic E-state index is 0.108. The van der Waals surface area contributed by atoms with E-state index < -0.39 is 0 Å². The average Bonchev–Trinajstić information content (AvgIpc) is 2.42. The van der Waals surface area contributed by atoms with E-state index in [1.165, 1.54) is 25.3 Å². The van der Waals surface area contributed by atoms with E-state index in [0.717, 1.165) is 19.6 Å². The van der Waals surface area contributed by atoms with Crippen LogP contribution in [-0.2, 0) is 5.88 Å². The van der Waals surface area contributed by atoms with Gasteiger partial charge in [-0.2, -0.15) is 0 Å². The zero-order valence-electron chi connectivity index (χ0n) is 10.5. The number of pyridine rings is 1. The van der Waals surface area contributed by atoms with Crippen molar-refractivity contribution >= 4 is 11.6 Å². The molecule has 1 saturated heterocycles. The monoisotopic (exact) mass is 270 g/mol. The highest BCUT2D eigenvalue weighted by Gasteiger charge is 2.10. The molecular weight excluding hydrogens is 252 g/mol. The lowest BCUT2D eigenvalue weighted by Gasteiger charge is -2.26. The summed E-state index contributed by atoms with van der Waals surface area (Å²) in [4.78, 5) is 17.0. The van der Waals surface area contributed by atoms with Gasteiger partial charge in [-0.3, -0.25) is 9.69 Å². The summed E-state index contributed by atoms with van der Waals surface area (Å²) >= 11 is 5.64. The van der Waals surface area contributed by atoms with E-state index >= 15 is 0 Å². The minimum Gasteiger partial charge on any atom is -0.487 e. The predicted octanol–water partition coefficient (Wildman–Crippen LogP) is 1.98. The lowest BCUT2D eigenvalue weighted by Crippen LogP contribution is -2.33. The summed E-state index contributed by atoms with van der Waals surface area (Å²) in [5.74, 6) is 0.685. The van der Waals surface area contributed by atoms with Crippen molar-refractivity contribution in [2.75, 3.05) is 26.2 Å². The van der Waals surface area contributed by atoms with Gasteiger partial charge < -0.3 is 9.72 Å². The van der Waals surface area contributed by atoms with E-state index in [0.29, 0.717) is 23.9 Å². The Balaban J connectivity index is 1.80. The summed E-state index contributed by atoms with van der Waals surface area (Å²) in [6.07, 6.45) is 5.46.